The molecule has 1 N–H and O–H groups in total. The van der Waals surface area contributed by atoms with Gasteiger partial charge in [-0.2, -0.15) is 0 Å². The largest absolute Gasteiger partial charge is 0.493 e. The van der Waals surface area contributed by atoms with E-state index in [9.17, 15) is 5.11 Å². The summed E-state index contributed by atoms with van der Waals surface area (Å²) in [6.45, 7) is 2.56. The quantitative estimate of drug-likeness (QED) is 0.836. The highest BCUT2D eigenvalue weighted by Crippen LogP contribution is 2.38. The van der Waals surface area contributed by atoms with Crippen molar-refractivity contribution in [3.8, 4) is 5.75 Å². The van der Waals surface area contributed by atoms with Gasteiger partial charge in [0, 0.05) is 19.8 Å². The number of hydrogen-bond donors (Lipinski definition) is 1. The molecule has 0 aliphatic heterocycles. The minimum Gasteiger partial charge on any atom is -0.493 e. The third kappa shape index (κ3) is 3.17. The van der Waals surface area contributed by atoms with E-state index in [1.54, 1.807) is 11.3 Å². The summed E-state index contributed by atoms with van der Waals surface area (Å²) in [4.78, 5) is 2.48. The fourth-order valence-corrected chi connectivity index (χ4v) is 4.46. The Hall–Kier alpha value is -0.840. The smallest absolute Gasteiger partial charge is 0.125 e. The van der Waals surface area contributed by atoms with Crippen LogP contribution in [0.1, 0.15) is 46.8 Å². The summed E-state index contributed by atoms with van der Waals surface area (Å²) in [6.07, 6.45) is 4.23. The van der Waals surface area contributed by atoms with Gasteiger partial charge < -0.3 is 9.84 Å². The van der Waals surface area contributed by atoms with Crippen molar-refractivity contribution < 1.29 is 9.84 Å². The summed E-state index contributed by atoms with van der Waals surface area (Å²) in [7, 11) is 0. The van der Waals surface area contributed by atoms with Crippen LogP contribution in [0, 0.1) is 0 Å². The van der Waals surface area contributed by atoms with Crippen molar-refractivity contribution in [3.63, 3.8) is 0 Å². The first-order valence-corrected chi connectivity index (χ1v) is 9.01. The van der Waals surface area contributed by atoms with Crippen LogP contribution in [0.15, 0.2) is 28.7 Å². The minimum absolute atomic E-state index is 0.599. The van der Waals surface area contributed by atoms with Gasteiger partial charge in [0.15, 0.2) is 0 Å². The number of fused-ring (bicyclic) bond motifs is 1. The number of halogens is 1. The molecule has 0 bridgehead atoms. The van der Waals surface area contributed by atoms with Gasteiger partial charge in [0.1, 0.15) is 11.9 Å². The number of aryl methyl sites for hydroxylation is 2. The van der Waals surface area contributed by atoms with Crippen LogP contribution in [-0.4, -0.2) is 11.7 Å². The molecule has 1 aromatic heterocycles. The molecule has 1 aliphatic rings. The Bertz CT molecular complexity index is 612. The third-order valence-corrected chi connectivity index (χ3v) is 5.63. The van der Waals surface area contributed by atoms with Crippen LogP contribution >= 0.6 is 27.3 Å². The van der Waals surface area contributed by atoms with Gasteiger partial charge in [-0.05, 0) is 62.4 Å². The lowest BCUT2D eigenvalue weighted by molar-refractivity contribution is 0.215. The van der Waals surface area contributed by atoms with Crippen LogP contribution in [0.4, 0.5) is 0 Å². The Morgan fingerprint density at radius 2 is 2.10 bits per heavy atom. The van der Waals surface area contributed by atoms with Crippen LogP contribution in [0.5, 0.6) is 5.75 Å². The molecular weight excluding hydrogens is 348 g/mol. The van der Waals surface area contributed by atoms with Crippen molar-refractivity contribution in [1.29, 1.82) is 0 Å². The van der Waals surface area contributed by atoms with Crippen LogP contribution in [0.25, 0.3) is 0 Å². The van der Waals surface area contributed by atoms with Gasteiger partial charge in [0.25, 0.3) is 0 Å². The maximum Gasteiger partial charge on any atom is 0.125 e. The maximum atomic E-state index is 10.8. The molecule has 0 saturated heterocycles. The van der Waals surface area contributed by atoms with E-state index >= 15 is 0 Å². The fraction of sp³-hybridized carbons (Fsp3) is 0.412. The van der Waals surface area contributed by atoms with E-state index < -0.39 is 6.10 Å². The summed E-state index contributed by atoms with van der Waals surface area (Å²) in [5.41, 5.74) is 2.26. The number of benzene rings is 1. The summed E-state index contributed by atoms with van der Waals surface area (Å²) in [6, 6.07) is 8.00. The maximum absolute atomic E-state index is 10.8. The Morgan fingerprint density at radius 3 is 2.86 bits per heavy atom. The fourth-order valence-electron chi connectivity index (χ4n) is 2.82. The third-order valence-electron chi connectivity index (χ3n) is 3.85. The Morgan fingerprint density at radius 1 is 1.29 bits per heavy atom. The number of thiophene rings is 1. The molecule has 0 fully saturated rings. The lowest BCUT2D eigenvalue weighted by Crippen LogP contribution is -2.03. The van der Waals surface area contributed by atoms with E-state index in [-0.39, 0.29) is 0 Å². The van der Waals surface area contributed by atoms with Gasteiger partial charge in [-0.3, -0.25) is 0 Å². The lowest BCUT2D eigenvalue weighted by atomic mass is 9.98. The molecule has 1 unspecified atom stereocenters. The Kier molecular flexibility index (Phi) is 4.67. The second-order valence-corrected chi connectivity index (χ2v) is 7.41. The molecule has 3 rings (SSSR count). The monoisotopic (exact) mass is 366 g/mol. The zero-order chi connectivity index (χ0) is 14.8. The van der Waals surface area contributed by atoms with Gasteiger partial charge >= 0.3 is 0 Å². The van der Waals surface area contributed by atoms with Crippen molar-refractivity contribution in [2.45, 2.75) is 38.7 Å². The lowest BCUT2D eigenvalue weighted by Gasteiger charge is -2.15. The highest BCUT2D eigenvalue weighted by Gasteiger charge is 2.21. The zero-order valence-corrected chi connectivity index (χ0v) is 14.5. The molecule has 4 heteroatoms. The standard InChI is InChI=1S/C17H19BrO2S/c1-2-20-14-8-7-12(18)10-13(14)17(19)16-9-11-5-3-4-6-15(11)21-16/h7-10,17,19H,2-6H2,1H3. The number of ether oxygens (including phenoxy) is 1. The number of aliphatic hydroxyl groups is 1. The van der Waals surface area contributed by atoms with Gasteiger partial charge in [-0.1, -0.05) is 15.9 Å². The van der Waals surface area contributed by atoms with Gasteiger partial charge in [-0.15, -0.1) is 11.3 Å². The molecule has 1 aromatic carbocycles. The number of aliphatic hydroxyl groups excluding tert-OH is 1. The highest BCUT2D eigenvalue weighted by molar-refractivity contribution is 9.10. The van der Waals surface area contributed by atoms with Crippen LogP contribution in [0.2, 0.25) is 0 Å². The van der Waals surface area contributed by atoms with E-state index in [0.29, 0.717) is 6.61 Å². The molecule has 1 aliphatic carbocycles. The molecular formula is C17H19BrO2S. The first kappa shape index (κ1) is 15.1. The molecule has 1 atom stereocenters. The molecule has 0 radical (unpaired) electrons. The predicted octanol–water partition coefficient (Wildman–Crippen LogP) is 4.87. The van der Waals surface area contributed by atoms with E-state index in [2.05, 4.69) is 22.0 Å². The van der Waals surface area contributed by atoms with E-state index in [0.717, 1.165) is 33.5 Å². The van der Waals surface area contributed by atoms with Crippen molar-refractivity contribution >= 4 is 27.3 Å². The van der Waals surface area contributed by atoms with E-state index in [1.165, 1.54) is 23.3 Å². The first-order chi connectivity index (χ1) is 10.2. The predicted molar refractivity (Wildman–Crippen MR) is 90.3 cm³/mol. The molecule has 0 saturated carbocycles. The molecule has 112 valence electrons. The Labute approximate surface area is 137 Å². The summed E-state index contributed by atoms with van der Waals surface area (Å²) in [5.74, 6) is 0.763. The zero-order valence-electron chi connectivity index (χ0n) is 12.1. The average molecular weight is 367 g/mol. The second kappa shape index (κ2) is 6.51. The first-order valence-electron chi connectivity index (χ1n) is 7.41. The van der Waals surface area contributed by atoms with Gasteiger partial charge in [0.05, 0.1) is 6.61 Å². The normalized spacial score (nSPS) is 15.6. The topological polar surface area (TPSA) is 29.5 Å². The molecule has 2 aromatic rings. The van der Waals surface area contributed by atoms with Crippen molar-refractivity contribution in [3.05, 3.63) is 49.6 Å². The van der Waals surface area contributed by atoms with E-state index in [1.807, 2.05) is 25.1 Å². The second-order valence-electron chi connectivity index (χ2n) is 5.32. The number of hydrogen-bond acceptors (Lipinski definition) is 3. The molecule has 0 amide bonds. The molecule has 21 heavy (non-hydrogen) atoms. The number of rotatable bonds is 4. The van der Waals surface area contributed by atoms with Crippen molar-refractivity contribution in [2.24, 2.45) is 0 Å². The summed E-state index contributed by atoms with van der Waals surface area (Å²) < 4.78 is 6.62. The van der Waals surface area contributed by atoms with Gasteiger partial charge in [0.2, 0.25) is 0 Å². The van der Waals surface area contributed by atoms with Gasteiger partial charge in [-0.25, -0.2) is 0 Å². The van der Waals surface area contributed by atoms with Crippen molar-refractivity contribution in [2.75, 3.05) is 6.61 Å². The Balaban J connectivity index is 1.95. The molecule has 1 heterocycles. The van der Waals surface area contributed by atoms with Crippen LogP contribution < -0.4 is 4.74 Å². The highest BCUT2D eigenvalue weighted by atomic mass is 79.9. The molecule has 2 nitrogen and oxygen atoms in total. The SMILES string of the molecule is CCOc1ccc(Br)cc1C(O)c1cc2c(s1)CCCC2. The average Bonchev–Trinajstić information content (AvgIpc) is 2.92. The van der Waals surface area contributed by atoms with Crippen LogP contribution in [0.3, 0.4) is 0 Å². The summed E-state index contributed by atoms with van der Waals surface area (Å²) in [5, 5.41) is 10.8. The summed E-state index contributed by atoms with van der Waals surface area (Å²) >= 11 is 5.23. The molecule has 0 spiro atoms. The van der Waals surface area contributed by atoms with Crippen LogP contribution in [-0.2, 0) is 12.8 Å². The van der Waals surface area contributed by atoms with Crippen molar-refractivity contribution in [1.82, 2.24) is 0 Å². The van der Waals surface area contributed by atoms with E-state index in [4.69, 9.17) is 4.74 Å². The minimum atomic E-state index is -0.611.